The smallest absolute Gasteiger partial charge is 0.300 e. The van der Waals surface area contributed by atoms with Crippen molar-refractivity contribution in [2.75, 3.05) is 12.0 Å². The highest BCUT2D eigenvalue weighted by atomic mass is 19.1. The second kappa shape index (κ2) is 8.33. The Labute approximate surface area is 195 Å². The van der Waals surface area contributed by atoms with Crippen LogP contribution in [0, 0.1) is 5.82 Å². The fourth-order valence-corrected chi connectivity index (χ4v) is 4.58. The lowest BCUT2D eigenvalue weighted by Crippen LogP contribution is -2.29. The number of carbonyl (C=O) groups excluding carboxylic acids is 2. The van der Waals surface area contributed by atoms with E-state index in [1.165, 1.54) is 30.2 Å². The van der Waals surface area contributed by atoms with Crippen molar-refractivity contribution in [1.29, 1.82) is 0 Å². The molecule has 1 fully saturated rings. The van der Waals surface area contributed by atoms with Crippen LogP contribution in [-0.4, -0.2) is 30.0 Å². The van der Waals surface area contributed by atoms with Crippen LogP contribution in [0.15, 0.2) is 72.3 Å². The number of benzene rings is 3. The van der Waals surface area contributed by atoms with Crippen molar-refractivity contribution in [2.45, 2.75) is 25.5 Å². The van der Waals surface area contributed by atoms with Crippen molar-refractivity contribution in [3.05, 3.63) is 94.8 Å². The van der Waals surface area contributed by atoms with Crippen LogP contribution in [-0.2, 0) is 16.0 Å². The molecule has 0 saturated carbocycles. The number of methoxy groups -OCH3 is 1. The largest absolute Gasteiger partial charge is 0.507 e. The van der Waals surface area contributed by atoms with Crippen LogP contribution in [0.25, 0.3) is 5.76 Å². The molecule has 3 aromatic carbocycles. The van der Waals surface area contributed by atoms with Gasteiger partial charge in [0.2, 0.25) is 0 Å². The van der Waals surface area contributed by atoms with Gasteiger partial charge in [-0.1, -0.05) is 18.2 Å². The highest BCUT2D eigenvalue weighted by Gasteiger charge is 2.47. The number of hydrogen-bond acceptors (Lipinski definition) is 5. The minimum absolute atomic E-state index is 0.0164. The van der Waals surface area contributed by atoms with Crippen LogP contribution in [0.4, 0.5) is 10.1 Å². The Balaban J connectivity index is 1.70. The van der Waals surface area contributed by atoms with Gasteiger partial charge in [-0.3, -0.25) is 14.5 Å². The fourth-order valence-electron chi connectivity index (χ4n) is 4.58. The van der Waals surface area contributed by atoms with Crippen molar-refractivity contribution in [2.24, 2.45) is 0 Å². The van der Waals surface area contributed by atoms with Gasteiger partial charge in [-0.2, -0.15) is 0 Å². The first-order valence-electron chi connectivity index (χ1n) is 10.9. The Morgan fingerprint density at radius 2 is 1.88 bits per heavy atom. The maximum Gasteiger partial charge on any atom is 0.300 e. The topological polar surface area (TPSA) is 76.1 Å². The quantitative estimate of drug-likeness (QED) is 0.345. The Bertz CT molecular complexity index is 1350. The summed E-state index contributed by atoms with van der Waals surface area (Å²) in [5.41, 5.74) is 2.00. The van der Waals surface area contributed by atoms with Crippen LogP contribution in [0.3, 0.4) is 0 Å². The molecule has 0 bridgehead atoms. The molecule has 6 nitrogen and oxygen atoms in total. The van der Waals surface area contributed by atoms with Gasteiger partial charge in [0.1, 0.15) is 29.2 Å². The highest BCUT2D eigenvalue weighted by molar-refractivity contribution is 6.51. The second-order valence-corrected chi connectivity index (χ2v) is 8.38. The third-order valence-corrected chi connectivity index (χ3v) is 6.11. The van der Waals surface area contributed by atoms with E-state index < -0.39 is 23.5 Å². The number of fused-ring (bicyclic) bond motifs is 1. The van der Waals surface area contributed by atoms with Gasteiger partial charge in [0.15, 0.2) is 0 Å². The van der Waals surface area contributed by atoms with Gasteiger partial charge in [-0.15, -0.1) is 0 Å². The van der Waals surface area contributed by atoms with E-state index in [9.17, 15) is 19.1 Å². The third-order valence-electron chi connectivity index (χ3n) is 6.11. The molecule has 2 heterocycles. The number of anilines is 1. The number of hydrogen-bond donors (Lipinski definition) is 1. The molecule has 172 valence electrons. The Morgan fingerprint density at radius 3 is 2.65 bits per heavy atom. The number of amides is 1. The van der Waals surface area contributed by atoms with Gasteiger partial charge in [0.25, 0.3) is 11.7 Å². The summed E-state index contributed by atoms with van der Waals surface area (Å²) in [4.78, 5) is 27.7. The molecule has 34 heavy (non-hydrogen) atoms. The summed E-state index contributed by atoms with van der Waals surface area (Å²) >= 11 is 0. The first-order valence-corrected chi connectivity index (χ1v) is 10.9. The van der Waals surface area contributed by atoms with Crippen molar-refractivity contribution in [3.8, 4) is 11.5 Å². The number of ketones is 1. The number of rotatable bonds is 4. The first-order chi connectivity index (χ1) is 16.4. The number of ether oxygens (including phenoxy) is 2. The van der Waals surface area contributed by atoms with Crippen molar-refractivity contribution in [3.63, 3.8) is 0 Å². The predicted molar refractivity (Wildman–Crippen MR) is 124 cm³/mol. The standard InChI is InChI=1S/C27H22FNO5/c1-15-11-18-12-17(9-10-22(18)34-15)25(30)23-24(16-5-3-8-21(13-16)33-2)29(27(32)26(23)31)20-7-4-6-19(28)14-20/h3-10,12-15,24,30H,11H2,1-2H3/b25-23-. The van der Waals surface area contributed by atoms with Gasteiger partial charge in [-0.05, 0) is 66.6 Å². The summed E-state index contributed by atoms with van der Waals surface area (Å²) in [6, 6.07) is 16.6. The molecule has 2 unspecified atom stereocenters. The Hall–Kier alpha value is -4.13. The van der Waals surface area contributed by atoms with Gasteiger partial charge >= 0.3 is 0 Å². The van der Waals surface area contributed by atoms with E-state index in [2.05, 4.69) is 0 Å². The summed E-state index contributed by atoms with van der Waals surface area (Å²) in [7, 11) is 1.51. The van der Waals surface area contributed by atoms with E-state index in [1.54, 1.807) is 48.5 Å². The van der Waals surface area contributed by atoms with Gasteiger partial charge in [-0.25, -0.2) is 4.39 Å². The molecule has 0 radical (unpaired) electrons. The molecule has 2 atom stereocenters. The lowest BCUT2D eigenvalue weighted by Gasteiger charge is -2.25. The maximum absolute atomic E-state index is 14.1. The number of aliphatic hydroxyl groups is 1. The molecule has 1 saturated heterocycles. The molecule has 1 N–H and O–H groups in total. The van der Waals surface area contributed by atoms with Crippen LogP contribution in [0.2, 0.25) is 0 Å². The van der Waals surface area contributed by atoms with Crippen molar-refractivity contribution in [1.82, 2.24) is 0 Å². The van der Waals surface area contributed by atoms with E-state index in [-0.39, 0.29) is 23.1 Å². The SMILES string of the molecule is COc1cccc(C2/C(=C(/O)c3ccc4c(c3)CC(C)O4)C(=O)C(=O)N2c2cccc(F)c2)c1. The predicted octanol–water partition coefficient (Wildman–Crippen LogP) is 4.78. The van der Waals surface area contributed by atoms with Crippen molar-refractivity contribution < 1.29 is 28.6 Å². The first kappa shape index (κ1) is 21.7. The van der Waals surface area contributed by atoms with Crippen molar-refractivity contribution >= 4 is 23.1 Å². The molecule has 0 aromatic heterocycles. The summed E-state index contributed by atoms with van der Waals surface area (Å²) in [6.45, 7) is 1.95. The number of halogens is 1. The summed E-state index contributed by atoms with van der Waals surface area (Å²) in [5.74, 6) is -1.29. The Morgan fingerprint density at radius 1 is 1.09 bits per heavy atom. The Kier molecular flexibility index (Phi) is 5.32. The van der Waals surface area contributed by atoms with Crippen LogP contribution in [0.5, 0.6) is 11.5 Å². The van der Waals surface area contributed by atoms with Gasteiger partial charge < -0.3 is 14.6 Å². The molecule has 1 amide bonds. The highest BCUT2D eigenvalue weighted by Crippen LogP contribution is 2.43. The number of nitrogens with zero attached hydrogens (tertiary/aromatic N) is 1. The molecular weight excluding hydrogens is 437 g/mol. The van der Waals surface area contributed by atoms with Gasteiger partial charge in [0.05, 0.1) is 18.7 Å². The van der Waals surface area contributed by atoms with Gasteiger partial charge in [0, 0.05) is 17.7 Å². The molecule has 5 rings (SSSR count). The monoisotopic (exact) mass is 459 g/mol. The number of Topliss-reactive ketones (excluding diaryl/α,β-unsaturated/α-hetero) is 1. The average Bonchev–Trinajstić information content (AvgIpc) is 3.34. The van der Waals surface area contributed by atoms with E-state index in [4.69, 9.17) is 9.47 Å². The lowest BCUT2D eigenvalue weighted by molar-refractivity contribution is -0.132. The maximum atomic E-state index is 14.1. The van der Waals surface area contributed by atoms with E-state index in [0.29, 0.717) is 23.3 Å². The molecule has 0 aliphatic carbocycles. The number of aliphatic hydroxyl groups excluding tert-OH is 1. The third kappa shape index (κ3) is 3.59. The van der Waals surface area contributed by atoms with Crippen LogP contribution in [0.1, 0.15) is 29.7 Å². The second-order valence-electron chi connectivity index (χ2n) is 8.38. The van der Waals surface area contributed by atoms with E-state index >= 15 is 0 Å². The molecule has 3 aromatic rings. The minimum Gasteiger partial charge on any atom is -0.507 e. The molecule has 2 aliphatic heterocycles. The summed E-state index contributed by atoms with van der Waals surface area (Å²) in [6.07, 6.45) is 0.690. The fraction of sp³-hybridized carbons (Fsp3) is 0.185. The van der Waals surface area contributed by atoms with E-state index in [1.807, 2.05) is 6.92 Å². The summed E-state index contributed by atoms with van der Waals surface area (Å²) in [5, 5.41) is 11.3. The molecular formula is C27H22FNO5. The zero-order valence-corrected chi connectivity index (χ0v) is 18.6. The zero-order valence-electron chi connectivity index (χ0n) is 18.6. The van der Waals surface area contributed by atoms with Crippen LogP contribution < -0.4 is 14.4 Å². The normalized spacial score (nSPS) is 20.9. The zero-order chi connectivity index (χ0) is 24.0. The van der Waals surface area contributed by atoms with Crippen LogP contribution >= 0.6 is 0 Å². The lowest BCUT2D eigenvalue weighted by atomic mass is 9.94. The van der Waals surface area contributed by atoms with E-state index in [0.717, 1.165) is 11.3 Å². The molecule has 0 spiro atoms. The summed E-state index contributed by atoms with van der Waals surface area (Å²) < 4.78 is 25.1. The molecule has 2 aliphatic rings. The number of carbonyl (C=O) groups is 2. The average molecular weight is 459 g/mol. The minimum atomic E-state index is -0.972. The molecule has 7 heteroatoms.